The highest BCUT2D eigenvalue weighted by Gasteiger charge is 2.33. The number of allylic oxidation sites excluding steroid dienone is 1. The standard InChI is InChI=1S/C27H50N4O2/c1-2-3-13-26-28-20-33-27(30-25-12-8-7-11-23(25)18-29-31-26)22-14-16-24(17-15-22)32-19-21-9-5-4-6-10-21/h9,22-31H,2-8,10-20H2,1H3. The lowest BCUT2D eigenvalue weighted by Gasteiger charge is -2.39. The Morgan fingerprint density at radius 1 is 1.00 bits per heavy atom. The molecule has 0 amide bonds. The Labute approximate surface area is 202 Å². The first-order valence-electron chi connectivity index (χ1n) is 14.2. The van der Waals surface area contributed by atoms with Gasteiger partial charge in [-0.15, -0.1) is 0 Å². The lowest BCUT2D eigenvalue weighted by molar-refractivity contribution is -0.0613. The SMILES string of the molecule is CCCCC1NCOC(C2CCC(OCC3=CCCCC3)CC2)NC2CCCCC2CNN1. The summed E-state index contributed by atoms with van der Waals surface area (Å²) in [5.74, 6) is 1.25. The van der Waals surface area contributed by atoms with Gasteiger partial charge in [0.25, 0.3) is 0 Å². The van der Waals surface area contributed by atoms with Crippen LogP contribution in [0.3, 0.4) is 0 Å². The second-order valence-electron chi connectivity index (χ2n) is 10.9. The number of unbranched alkanes of at least 4 members (excludes halogenated alkanes) is 1. The van der Waals surface area contributed by atoms with Crippen LogP contribution in [-0.4, -0.2) is 44.4 Å². The fourth-order valence-corrected chi connectivity index (χ4v) is 6.21. The largest absolute Gasteiger partial charge is 0.374 e. The van der Waals surface area contributed by atoms with Gasteiger partial charge in [0.15, 0.2) is 0 Å². The van der Waals surface area contributed by atoms with Gasteiger partial charge in [0.1, 0.15) is 6.23 Å². The Bertz CT molecular complexity index is 578. The first-order chi connectivity index (χ1) is 16.3. The van der Waals surface area contributed by atoms with Gasteiger partial charge in [-0.25, -0.2) is 5.43 Å². The number of hydrazine groups is 1. The van der Waals surface area contributed by atoms with Crippen molar-refractivity contribution in [1.82, 2.24) is 21.5 Å². The third-order valence-electron chi connectivity index (χ3n) is 8.40. The maximum atomic E-state index is 6.52. The summed E-state index contributed by atoms with van der Waals surface area (Å²) < 4.78 is 12.9. The van der Waals surface area contributed by atoms with Gasteiger partial charge in [-0.1, -0.05) is 38.7 Å². The Balaban J connectivity index is 1.30. The van der Waals surface area contributed by atoms with E-state index in [2.05, 4.69) is 34.5 Å². The second-order valence-corrected chi connectivity index (χ2v) is 10.9. The van der Waals surface area contributed by atoms with Gasteiger partial charge in [0, 0.05) is 12.6 Å². The fraction of sp³-hybridized carbons (Fsp3) is 0.926. The quantitative estimate of drug-likeness (QED) is 0.411. The van der Waals surface area contributed by atoms with Crippen molar-refractivity contribution in [2.24, 2.45) is 11.8 Å². The van der Waals surface area contributed by atoms with Crippen LogP contribution in [0.4, 0.5) is 0 Å². The van der Waals surface area contributed by atoms with Crippen LogP contribution in [0.15, 0.2) is 11.6 Å². The summed E-state index contributed by atoms with van der Waals surface area (Å²) in [7, 11) is 0. The normalized spacial score (nSPS) is 36.9. The third kappa shape index (κ3) is 8.29. The molecule has 33 heavy (non-hydrogen) atoms. The van der Waals surface area contributed by atoms with E-state index in [1.54, 1.807) is 0 Å². The molecule has 0 aromatic carbocycles. The first-order valence-corrected chi connectivity index (χ1v) is 14.2. The summed E-state index contributed by atoms with van der Waals surface area (Å²) in [6, 6.07) is 0.553. The molecule has 1 aliphatic heterocycles. The molecule has 6 nitrogen and oxygen atoms in total. The number of fused-ring (bicyclic) bond motifs is 1. The van der Waals surface area contributed by atoms with E-state index in [4.69, 9.17) is 9.47 Å². The Hall–Kier alpha value is -0.500. The van der Waals surface area contributed by atoms with E-state index in [-0.39, 0.29) is 12.4 Å². The average Bonchev–Trinajstić information content (AvgIpc) is 2.90. The highest BCUT2D eigenvalue weighted by atomic mass is 16.5. The molecule has 0 aromatic heterocycles. The zero-order valence-electron chi connectivity index (χ0n) is 21.1. The molecule has 4 rings (SSSR count). The van der Waals surface area contributed by atoms with Gasteiger partial charge in [0.05, 0.1) is 25.6 Å². The predicted octanol–water partition coefficient (Wildman–Crippen LogP) is 4.72. The Morgan fingerprint density at radius 2 is 1.88 bits per heavy atom. The molecule has 3 aliphatic carbocycles. The predicted molar refractivity (Wildman–Crippen MR) is 134 cm³/mol. The van der Waals surface area contributed by atoms with Crippen molar-refractivity contribution in [1.29, 1.82) is 0 Å². The Kier molecular flexibility index (Phi) is 11.0. The minimum absolute atomic E-state index is 0.148. The summed E-state index contributed by atoms with van der Waals surface area (Å²) in [5, 5.41) is 7.60. The molecule has 0 spiro atoms. The van der Waals surface area contributed by atoms with E-state index in [0.29, 0.717) is 30.7 Å². The molecule has 4 aliphatic rings. The summed E-state index contributed by atoms with van der Waals surface area (Å²) >= 11 is 0. The topological polar surface area (TPSA) is 66.6 Å². The van der Waals surface area contributed by atoms with Crippen molar-refractivity contribution in [3.63, 3.8) is 0 Å². The van der Waals surface area contributed by atoms with Crippen LogP contribution in [0.2, 0.25) is 0 Å². The Morgan fingerprint density at radius 3 is 2.70 bits per heavy atom. The average molecular weight is 463 g/mol. The molecule has 4 N–H and O–H groups in total. The highest BCUT2D eigenvalue weighted by molar-refractivity contribution is 5.05. The number of rotatable bonds is 7. The summed E-state index contributed by atoms with van der Waals surface area (Å²) in [4.78, 5) is 0. The number of ether oxygens (including phenoxy) is 2. The second kappa shape index (κ2) is 14.2. The molecular formula is C27H50N4O2. The fourth-order valence-electron chi connectivity index (χ4n) is 6.21. The summed E-state index contributed by atoms with van der Waals surface area (Å²) in [6.07, 6.45) is 22.0. The van der Waals surface area contributed by atoms with Gasteiger partial charge in [-0.3, -0.25) is 16.1 Å². The van der Waals surface area contributed by atoms with Crippen molar-refractivity contribution >= 4 is 0 Å². The van der Waals surface area contributed by atoms with Crippen molar-refractivity contribution in [3.8, 4) is 0 Å². The molecule has 2 saturated carbocycles. The van der Waals surface area contributed by atoms with E-state index < -0.39 is 0 Å². The smallest absolute Gasteiger partial charge is 0.112 e. The van der Waals surface area contributed by atoms with Gasteiger partial charge in [0.2, 0.25) is 0 Å². The molecule has 0 aromatic rings. The molecular weight excluding hydrogens is 412 g/mol. The van der Waals surface area contributed by atoms with E-state index in [0.717, 1.165) is 19.6 Å². The van der Waals surface area contributed by atoms with Gasteiger partial charge in [-0.2, -0.15) is 0 Å². The molecule has 6 heteroatoms. The maximum absolute atomic E-state index is 6.52. The number of hydrogen-bond donors (Lipinski definition) is 4. The maximum Gasteiger partial charge on any atom is 0.112 e. The molecule has 0 radical (unpaired) electrons. The third-order valence-corrected chi connectivity index (χ3v) is 8.40. The zero-order chi connectivity index (χ0) is 22.7. The van der Waals surface area contributed by atoms with E-state index in [1.807, 2.05) is 0 Å². The molecule has 1 heterocycles. The molecule has 0 bridgehead atoms. The molecule has 190 valence electrons. The van der Waals surface area contributed by atoms with Crippen molar-refractivity contribution in [3.05, 3.63) is 11.6 Å². The van der Waals surface area contributed by atoms with E-state index in [9.17, 15) is 0 Å². The minimum Gasteiger partial charge on any atom is -0.374 e. The highest BCUT2D eigenvalue weighted by Crippen LogP contribution is 2.32. The number of hydrogen-bond acceptors (Lipinski definition) is 6. The summed E-state index contributed by atoms with van der Waals surface area (Å²) in [6.45, 7) is 4.75. The van der Waals surface area contributed by atoms with Gasteiger partial charge in [-0.05, 0) is 88.0 Å². The monoisotopic (exact) mass is 462 g/mol. The van der Waals surface area contributed by atoms with E-state index in [1.165, 1.54) is 95.5 Å². The van der Waals surface area contributed by atoms with Crippen LogP contribution in [0.5, 0.6) is 0 Å². The van der Waals surface area contributed by atoms with Crippen LogP contribution < -0.4 is 21.5 Å². The number of nitrogens with one attached hydrogen (secondary N) is 4. The van der Waals surface area contributed by atoms with Crippen molar-refractivity contribution in [2.75, 3.05) is 19.9 Å². The van der Waals surface area contributed by atoms with Gasteiger partial charge < -0.3 is 9.47 Å². The van der Waals surface area contributed by atoms with Gasteiger partial charge >= 0.3 is 0 Å². The van der Waals surface area contributed by atoms with E-state index >= 15 is 0 Å². The lowest BCUT2D eigenvalue weighted by atomic mass is 9.82. The molecule has 4 atom stereocenters. The van der Waals surface area contributed by atoms with Crippen LogP contribution in [0.25, 0.3) is 0 Å². The summed E-state index contributed by atoms with van der Waals surface area (Å²) in [5.41, 5.74) is 8.62. The van der Waals surface area contributed by atoms with Crippen molar-refractivity contribution < 1.29 is 9.47 Å². The molecule has 3 fully saturated rings. The lowest BCUT2D eigenvalue weighted by Crippen LogP contribution is -2.52. The van der Waals surface area contributed by atoms with Crippen molar-refractivity contribution in [2.45, 2.75) is 128 Å². The zero-order valence-corrected chi connectivity index (χ0v) is 21.1. The van der Waals surface area contributed by atoms with Crippen LogP contribution in [-0.2, 0) is 9.47 Å². The van der Waals surface area contributed by atoms with Crippen LogP contribution in [0.1, 0.15) is 103 Å². The van der Waals surface area contributed by atoms with Crippen LogP contribution >= 0.6 is 0 Å². The minimum atomic E-state index is 0.148. The van der Waals surface area contributed by atoms with Crippen LogP contribution in [0, 0.1) is 11.8 Å². The molecule has 4 unspecified atom stereocenters. The first kappa shape index (κ1) is 25.6. The molecule has 1 saturated heterocycles.